The van der Waals surface area contributed by atoms with Gasteiger partial charge in [0.25, 0.3) is 0 Å². The summed E-state index contributed by atoms with van der Waals surface area (Å²) >= 11 is 0. The van der Waals surface area contributed by atoms with Gasteiger partial charge in [-0.15, -0.1) is 24.0 Å². The molecule has 5 rings (SSSR count). The second-order valence-corrected chi connectivity index (χ2v) is 8.20. The molecule has 2 bridgehead atoms. The Morgan fingerprint density at radius 3 is 2.57 bits per heavy atom. The minimum absolute atomic E-state index is 0. The number of nitrogens with zero attached hydrogens (tertiary/aromatic N) is 3. The Bertz CT molecular complexity index is 861. The van der Waals surface area contributed by atoms with Gasteiger partial charge in [0, 0.05) is 50.8 Å². The van der Waals surface area contributed by atoms with E-state index in [0.717, 1.165) is 30.2 Å². The molecule has 7 heteroatoms. The number of benzene rings is 1. The summed E-state index contributed by atoms with van der Waals surface area (Å²) in [4.78, 5) is 11.3. The SMILES string of the molecule is CN=C(NCc1ccnc(OCc2ccccc2)c1)N1CC2C3CCC(O3)C2C1.I. The van der Waals surface area contributed by atoms with Gasteiger partial charge in [0.1, 0.15) is 6.61 Å². The zero-order valence-corrected chi connectivity index (χ0v) is 19.6. The van der Waals surface area contributed by atoms with Gasteiger partial charge in [0.2, 0.25) is 5.88 Å². The van der Waals surface area contributed by atoms with Crippen LogP contribution in [0.4, 0.5) is 0 Å². The highest BCUT2D eigenvalue weighted by Gasteiger charge is 2.53. The van der Waals surface area contributed by atoms with Crippen LogP contribution in [-0.2, 0) is 17.9 Å². The maximum absolute atomic E-state index is 6.09. The van der Waals surface area contributed by atoms with Crippen LogP contribution in [0.2, 0.25) is 0 Å². The molecule has 4 atom stereocenters. The number of nitrogens with one attached hydrogen (secondary N) is 1. The molecule has 0 saturated carbocycles. The van der Waals surface area contributed by atoms with Crippen molar-refractivity contribution in [1.29, 1.82) is 0 Å². The van der Waals surface area contributed by atoms with E-state index in [1.807, 2.05) is 37.4 Å². The van der Waals surface area contributed by atoms with E-state index in [9.17, 15) is 0 Å². The number of ether oxygens (including phenoxy) is 2. The Morgan fingerprint density at radius 1 is 1.13 bits per heavy atom. The number of pyridine rings is 1. The van der Waals surface area contributed by atoms with E-state index in [2.05, 4.69) is 32.3 Å². The van der Waals surface area contributed by atoms with Gasteiger partial charge in [0.05, 0.1) is 12.2 Å². The lowest BCUT2D eigenvalue weighted by molar-refractivity contribution is 0.0767. The molecule has 0 aliphatic carbocycles. The van der Waals surface area contributed by atoms with Crippen LogP contribution in [0.25, 0.3) is 0 Å². The molecular weight excluding hydrogens is 491 g/mol. The highest BCUT2D eigenvalue weighted by Crippen LogP contribution is 2.47. The van der Waals surface area contributed by atoms with Crippen LogP contribution in [0.15, 0.2) is 53.7 Å². The van der Waals surface area contributed by atoms with Crippen LogP contribution < -0.4 is 10.1 Å². The molecule has 160 valence electrons. The van der Waals surface area contributed by atoms with E-state index in [1.54, 1.807) is 6.20 Å². The summed E-state index contributed by atoms with van der Waals surface area (Å²) in [6.07, 6.45) is 5.20. The molecule has 0 radical (unpaired) electrons. The van der Waals surface area contributed by atoms with Gasteiger partial charge in [0.15, 0.2) is 5.96 Å². The van der Waals surface area contributed by atoms with Crippen molar-refractivity contribution in [2.45, 2.75) is 38.2 Å². The van der Waals surface area contributed by atoms with Gasteiger partial charge in [-0.3, -0.25) is 4.99 Å². The van der Waals surface area contributed by atoms with Gasteiger partial charge in [-0.1, -0.05) is 30.3 Å². The van der Waals surface area contributed by atoms with Crippen molar-refractivity contribution in [2.75, 3.05) is 20.1 Å². The zero-order chi connectivity index (χ0) is 19.6. The van der Waals surface area contributed by atoms with Crippen molar-refractivity contribution in [2.24, 2.45) is 16.8 Å². The first-order valence-corrected chi connectivity index (χ1v) is 10.5. The maximum atomic E-state index is 6.09. The molecule has 6 nitrogen and oxygen atoms in total. The fraction of sp³-hybridized carbons (Fsp3) is 0.478. The fourth-order valence-electron chi connectivity index (χ4n) is 5.02. The van der Waals surface area contributed by atoms with Crippen LogP contribution in [-0.4, -0.2) is 48.2 Å². The second kappa shape index (κ2) is 9.51. The Balaban J connectivity index is 0.00000218. The van der Waals surface area contributed by atoms with Crippen molar-refractivity contribution < 1.29 is 9.47 Å². The van der Waals surface area contributed by atoms with Crippen LogP contribution in [0.1, 0.15) is 24.0 Å². The molecule has 1 aromatic carbocycles. The first-order valence-electron chi connectivity index (χ1n) is 10.5. The Morgan fingerprint density at radius 2 is 1.87 bits per heavy atom. The smallest absolute Gasteiger partial charge is 0.213 e. The lowest BCUT2D eigenvalue weighted by atomic mass is 9.82. The van der Waals surface area contributed by atoms with Crippen molar-refractivity contribution in [3.63, 3.8) is 0 Å². The monoisotopic (exact) mass is 520 g/mol. The third-order valence-electron chi connectivity index (χ3n) is 6.44. The van der Waals surface area contributed by atoms with Gasteiger partial charge in [-0.25, -0.2) is 4.98 Å². The van der Waals surface area contributed by atoms with Gasteiger partial charge < -0.3 is 19.7 Å². The number of aromatic nitrogens is 1. The molecule has 2 aromatic rings. The van der Waals surface area contributed by atoms with E-state index in [0.29, 0.717) is 43.1 Å². The van der Waals surface area contributed by atoms with E-state index in [1.165, 1.54) is 12.8 Å². The van der Waals surface area contributed by atoms with Crippen molar-refractivity contribution >= 4 is 29.9 Å². The van der Waals surface area contributed by atoms with E-state index >= 15 is 0 Å². The maximum Gasteiger partial charge on any atom is 0.213 e. The summed E-state index contributed by atoms with van der Waals surface area (Å²) in [5.41, 5.74) is 2.27. The second-order valence-electron chi connectivity index (χ2n) is 8.20. The molecule has 0 amide bonds. The van der Waals surface area contributed by atoms with Crippen molar-refractivity contribution in [1.82, 2.24) is 15.2 Å². The summed E-state index contributed by atoms with van der Waals surface area (Å²) < 4.78 is 11.9. The predicted octanol–water partition coefficient (Wildman–Crippen LogP) is 3.46. The van der Waals surface area contributed by atoms with Gasteiger partial charge >= 0.3 is 0 Å². The summed E-state index contributed by atoms with van der Waals surface area (Å²) in [6.45, 7) is 3.32. The number of guanidine groups is 1. The molecule has 0 spiro atoms. The normalized spacial score (nSPS) is 27.0. The summed E-state index contributed by atoms with van der Waals surface area (Å²) in [5, 5.41) is 3.52. The molecule has 4 unspecified atom stereocenters. The lowest BCUT2D eigenvalue weighted by Crippen LogP contribution is -2.41. The van der Waals surface area contributed by atoms with E-state index in [-0.39, 0.29) is 24.0 Å². The van der Waals surface area contributed by atoms with Crippen molar-refractivity contribution in [3.8, 4) is 5.88 Å². The molecule has 3 aliphatic heterocycles. The zero-order valence-electron chi connectivity index (χ0n) is 17.2. The molecule has 3 fully saturated rings. The summed E-state index contributed by atoms with van der Waals surface area (Å²) in [5.74, 6) is 2.97. The Kier molecular flexibility index (Phi) is 6.77. The summed E-state index contributed by atoms with van der Waals surface area (Å²) in [7, 11) is 1.86. The molecule has 1 aromatic heterocycles. The molecule has 4 heterocycles. The first-order chi connectivity index (χ1) is 14.3. The Hall–Kier alpha value is -1.87. The third-order valence-corrected chi connectivity index (χ3v) is 6.44. The molecule has 30 heavy (non-hydrogen) atoms. The molecule has 3 aliphatic rings. The number of hydrogen-bond acceptors (Lipinski definition) is 4. The lowest BCUT2D eigenvalue weighted by Gasteiger charge is -2.23. The number of aliphatic imine (C=N–C) groups is 1. The number of fused-ring (bicyclic) bond motifs is 5. The van der Waals surface area contributed by atoms with Crippen LogP contribution in [0.3, 0.4) is 0 Å². The fourth-order valence-corrected chi connectivity index (χ4v) is 5.02. The topological polar surface area (TPSA) is 59.0 Å². The number of likely N-dealkylation sites (tertiary alicyclic amines) is 1. The third kappa shape index (κ3) is 4.42. The van der Waals surface area contributed by atoms with Gasteiger partial charge in [-0.05, 0) is 30.0 Å². The number of hydrogen-bond donors (Lipinski definition) is 1. The van der Waals surface area contributed by atoms with Gasteiger partial charge in [-0.2, -0.15) is 0 Å². The first kappa shape index (κ1) is 21.4. The molecule has 1 N–H and O–H groups in total. The standard InChI is InChI=1S/C23H28N4O2.HI/c1-24-23(27-13-18-19(14-27)21-8-7-20(18)29-21)26-12-17-9-10-25-22(11-17)28-15-16-5-3-2-4-6-16;/h2-6,9-11,18-21H,7-8,12-15H2,1H3,(H,24,26);1H. The van der Waals surface area contributed by atoms with Crippen molar-refractivity contribution in [3.05, 3.63) is 59.8 Å². The van der Waals surface area contributed by atoms with Crippen LogP contribution in [0, 0.1) is 11.8 Å². The summed E-state index contributed by atoms with van der Waals surface area (Å²) in [6, 6.07) is 14.2. The largest absolute Gasteiger partial charge is 0.473 e. The molecular formula is C23H29IN4O2. The average molecular weight is 520 g/mol. The minimum atomic E-state index is 0. The van der Waals surface area contributed by atoms with Crippen LogP contribution >= 0.6 is 24.0 Å². The number of rotatable bonds is 5. The highest BCUT2D eigenvalue weighted by molar-refractivity contribution is 14.0. The highest BCUT2D eigenvalue weighted by atomic mass is 127. The molecule has 3 saturated heterocycles. The van der Waals surface area contributed by atoms with Crippen LogP contribution in [0.5, 0.6) is 5.88 Å². The number of halogens is 1. The van der Waals surface area contributed by atoms with E-state index < -0.39 is 0 Å². The minimum Gasteiger partial charge on any atom is -0.473 e. The quantitative estimate of drug-likeness (QED) is 0.372. The average Bonchev–Trinajstić information content (AvgIpc) is 3.48. The Labute approximate surface area is 195 Å². The predicted molar refractivity (Wildman–Crippen MR) is 127 cm³/mol. The van der Waals surface area contributed by atoms with E-state index in [4.69, 9.17) is 9.47 Å².